The van der Waals surface area contributed by atoms with Crippen molar-refractivity contribution in [2.24, 2.45) is 11.8 Å². The molecular weight excluding hydrogens is 320 g/mol. The fraction of sp³-hybridized carbons (Fsp3) is 0.450. The minimum Gasteiger partial charge on any atom is -0.469 e. The highest BCUT2D eigenvalue weighted by atomic mass is 16.5. The molecule has 0 fully saturated rings. The Morgan fingerprint density at radius 3 is 2.16 bits per heavy atom. The lowest BCUT2D eigenvalue weighted by atomic mass is 9.73. The molecule has 0 saturated carbocycles. The Kier molecular flexibility index (Phi) is 7.55. The second kappa shape index (κ2) is 9.16. The minimum absolute atomic E-state index is 0.0530. The van der Waals surface area contributed by atoms with E-state index in [-0.39, 0.29) is 23.7 Å². The van der Waals surface area contributed by atoms with Gasteiger partial charge in [0.05, 0.1) is 20.1 Å². The van der Waals surface area contributed by atoms with Gasteiger partial charge < -0.3 is 9.47 Å². The summed E-state index contributed by atoms with van der Waals surface area (Å²) in [5.74, 6) is -2.64. The molecule has 0 aliphatic heterocycles. The molecule has 1 aliphatic rings. The third-order valence-electron chi connectivity index (χ3n) is 3.83. The maximum absolute atomic E-state index is 12.6. The van der Waals surface area contributed by atoms with E-state index in [1.54, 1.807) is 6.08 Å². The van der Waals surface area contributed by atoms with Crippen LogP contribution in [-0.4, -0.2) is 31.9 Å². The van der Waals surface area contributed by atoms with Crippen LogP contribution in [0.4, 0.5) is 0 Å². The first-order chi connectivity index (χ1) is 11.7. The number of carbonyl (C=O) groups excluding carboxylic acids is 3. The Morgan fingerprint density at radius 1 is 1.04 bits per heavy atom. The van der Waals surface area contributed by atoms with Gasteiger partial charge in [0.15, 0.2) is 5.78 Å². The molecular formula is C20H26O5. The largest absolute Gasteiger partial charge is 0.469 e. The first-order valence-electron chi connectivity index (χ1n) is 8.13. The molecule has 0 amide bonds. The molecule has 5 heteroatoms. The monoisotopic (exact) mass is 346 g/mol. The number of Topliss-reactive ketones (excluding diaryl/α,β-unsaturated/α-hetero) is 1. The highest BCUT2D eigenvalue weighted by Gasteiger charge is 2.41. The van der Waals surface area contributed by atoms with Crippen LogP contribution in [0.15, 0.2) is 46.6 Å². The van der Waals surface area contributed by atoms with Crippen molar-refractivity contribution in [1.29, 1.82) is 0 Å². The standard InChI is InChI=1S/C20H26O5/c1-12(2)8-7-9-14-11-16(21)18(20(23)25-6)15(10-13(3)4)17(14)19(22)24-5/h7-10,14,17H,11H2,1-6H3. The molecule has 0 spiro atoms. The van der Waals surface area contributed by atoms with Gasteiger partial charge in [0.1, 0.15) is 5.57 Å². The molecule has 0 saturated heterocycles. The third kappa shape index (κ3) is 5.28. The molecule has 0 aromatic rings. The lowest BCUT2D eigenvalue weighted by Gasteiger charge is -2.29. The van der Waals surface area contributed by atoms with Crippen molar-refractivity contribution in [3.05, 3.63) is 46.6 Å². The SMILES string of the molecule is COC(=O)C1=C(C=C(C)C)C(C(=O)OC)C(C=CC=C(C)C)CC1=O. The zero-order chi connectivity index (χ0) is 19.1. The summed E-state index contributed by atoms with van der Waals surface area (Å²) in [4.78, 5) is 37.1. The second-order valence-electron chi connectivity index (χ2n) is 6.46. The van der Waals surface area contributed by atoms with Gasteiger partial charge in [-0.3, -0.25) is 9.59 Å². The highest BCUT2D eigenvalue weighted by Crippen LogP contribution is 2.37. The fourth-order valence-corrected chi connectivity index (χ4v) is 2.79. The zero-order valence-electron chi connectivity index (χ0n) is 15.7. The molecule has 1 rings (SSSR count). The van der Waals surface area contributed by atoms with Crippen LogP contribution in [0.25, 0.3) is 0 Å². The maximum Gasteiger partial charge on any atom is 0.341 e. The molecule has 0 aromatic heterocycles. The number of methoxy groups -OCH3 is 2. The number of hydrogen-bond donors (Lipinski definition) is 0. The van der Waals surface area contributed by atoms with Crippen LogP contribution in [0.1, 0.15) is 34.1 Å². The van der Waals surface area contributed by atoms with Crippen LogP contribution in [-0.2, 0) is 23.9 Å². The summed E-state index contributed by atoms with van der Waals surface area (Å²) >= 11 is 0. The van der Waals surface area contributed by atoms with Crippen molar-refractivity contribution in [1.82, 2.24) is 0 Å². The van der Waals surface area contributed by atoms with E-state index in [0.29, 0.717) is 5.57 Å². The molecule has 2 unspecified atom stereocenters. The van der Waals surface area contributed by atoms with E-state index in [1.165, 1.54) is 14.2 Å². The zero-order valence-corrected chi connectivity index (χ0v) is 15.7. The first kappa shape index (κ1) is 20.6. The topological polar surface area (TPSA) is 69.7 Å². The van der Waals surface area contributed by atoms with E-state index in [1.807, 2.05) is 45.9 Å². The number of hydrogen-bond acceptors (Lipinski definition) is 5. The van der Waals surface area contributed by atoms with Crippen LogP contribution < -0.4 is 0 Å². The van der Waals surface area contributed by atoms with Crippen LogP contribution in [0.5, 0.6) is 0 Å². The highest BCUT2D eigenvalue weighted by molar-refractivity contribution is 6.19. The molecule has 0 bridgehead atoms. The van der Waals surface area contributed by atoms with Gasteiger partial charge in [0.25, 0.3) is 0 Å². The van der Waals surface area contributed by atoms with Crippen molar-refractivity contribution in [2.45, 2.75) is 34.1 Å². The van der Waals surface area contributed by atoms with Gasteiger partial charge >= 0.3 is 11.9 Å². The van der Waals surface area contributed by atoms with Gasteiger partial charge in [-0.25, -0.2) is 4.79 Å². The van der Waals surface area contributed by atoms with E-state index in [9.17, 15) is 14.4 Å². The summed E-state index contributed by atoms with van der Waals surface area (Å²) in [6.45, 7) is 7.59. The van der Waals surface area contributed by atoms with E-state index in [4.69, 9.17) is 9.47 Å². The minimum atomic E-state index is -0.728. The predicted octanol–water partition coefficient (Wildman–Crippen LogP) is 3.32. The molecule has 2 atom stereocenters. The summed E-state index contributed by atoms with van der Waals surface area (Å²) in [7, 11) is 2.52. The van der Waals surface area contributed by atoms with E-state index in [0.717, 1.165) is 11.1 Å². The van der Waals surface area contributed by atoms with E-state index >= 15 is 0 Å². The van der Waals surface area contributed by atoms with Crippen LogP contribution in [0.2, 0.25) is 0 Å². The Hall–Kier alpha value is -2.43. The van der Waals surface area contributed by atoms with Gasteiger partial charge in [0, 0.05) is 12.3 Å². The summed E-state index contributed by atoms with van der Waals surface area (Å²) in [5.41, 5.74) is 2.27. The Bertz CT molecular complexity index is 668. The summed E-state index contributed by atoms with van der Waals surface area (Å²) < 4.78 is 9.70. The van der Waals surface area contributed by atoms with E-state index < -0.39 is 17.9 Å². The maximum atomic E-state index is 12.6. The fourth-order valence-electron chi connectivity index (χ4n) is 2.79. The van der Waals surface area contributed by atoms with Crippen molar-refractivity contribution in [2.75, 3.05) is 14.2 Å². The molecule has 136 valence electrons. The smallest absolute Gasteiger partial charge is 0.341 e. The van der Waals surface area contributed by atoms with E-state index in [2.05, 4.69) is 0 Å². The Labute approximate surface area is 149 Å². The molecule has 25 heavy (non-hydrogen) atoms. The van der Waals surface area contributed by atoms with Gasteiger partial charge in [-0.15, -0.1) is 0 Å². The van der Waals surface area contributed by atoms with Crippen LogP contribution in [0.3, 0.4) is 0 Å². The van der Waals surface area contributed by atoms with Gasteiger partial charge in [-0.05, 0) is 33.3 Å². The lowest BCUT2D eigenvalue weighted by Crippen LogP contribution is -2.35. The van der Waals surface area contributed by atoms with Crippen molar-refractivity contribution >= 4 is 17.7 Å². The van der Waals surface area contributed by atoms with Crippen LogP contribution >= 0.6 is 0 Å². The average Bonchev–Trinajstić information content (AvgIpc) is 2.52. The van der Waals surface area contributed by atoms with Crippen molar-refractivity contribution < 1.29 is 23.9 Å². The van der Waals surface area contributed by atoms with Gasteiger partial charge in [-0.2, -0.15) is 0 Å². The normalized spacial score (nSPS) is 20.3. The molecule has 0 aromatic carbocycles. The predicted molar refractivity (Wildman–Crippen MR) is 95.7 cm³/mol. The number of esters is 2. The Balaban J connectivity index is 3.56. The van der Waals surface area contributed by atoms with Gasteiger partial charge in [0.2, 0.25) is 0 Å². The molecule has 0 N–H and O–H groups in total. The molecule has 1 aliphatic carbocycles. The lowest BCUT2D eigenvalue weighted by molar-refractivity contribution is -0.145. The number of rotatable bonds is 5. The summed E-state index contributed by atoms with van der Waals surface area (Å²) in [5, 5.41) is 0. The average molecular weight is 346 g/mol. The Morgan fingerprint density at radius 2 is 1.68 bits per heavy atom. The van der Waals surface area contributed by atoms with Gasteiger partial charge in [-0.1, -0.05) is 35.5 Å². The van der Waals surface area contributed by atoms with Crippen molar-refractivity contribution in [3.8, 4) is 0 Å². The molecule has 0 radical (unpaired) electrons. The number of ether oxygens (including phenoxy) is 2. The quantitative estimate of drug-likeness (QED) is 0.434. The molecule has 5 nitrogen and oxygen atoms in total. The summed E-state index contributed by atoms with van der Waals surface area (Å²) in [6, 6.07) is 0. The second-order valence-corrected chi connectivity index (χ2v) is 6.46. The first-order valence-corrected chi connectivity index (χ1v) is 8.13. The molecule has 0 heterocycles. The van der Waals surface area contributed by atoms with Crippen LogP contribution in [0, 0.1) is 11.8 Å². The third-order valence-corrected chi connectivity index (χ3v) is 3.83. The number of carbonyl (C=O) groups is 3. The number of ketones is 1. The van der Waals surface area contributed by atoms with Crippen molar-refractivity contribution in [3.63, 3.8) is 0 Å². The number of allylic oxidation sites excluding steroid dienone is 6. The summed E-state index contributed by atoms with van der Waals surface area (Å²) in [6.07, 6.45) is 7.29.